The Balaban J connectivity index is 2.05. The van der Waals surface area contributed by atoms with Gasteiger partial charge in [0.1, 0.15) is 0 Å². The van der Waals surface area contributed by atoms with E-state index in [1.165, 1.54) is 11.3 Å². The van der Waals surface area contributed by atoms with E-state index in [1.807, 2.05) is 55.6 Å². The van der Waals surface area contributed by atoms with E-state index in [0.29, 0.717) is 11.4 Å². The Morgan fingerprint density at radius 3 is 2.62 bits per heavy atom. The first kappa shape index (κ1) is 15.3. The van der Waals surface area contributed by atoms with Crippen molar-refractivity contribution in [3.05, 3.63) is 58.3 Å². The average Bonchev–Trinajstić information content (AvgIpc) is 2.99. The number of amidine groups is 1. The third-order valence-electron chi connectivity index (χ3n) is 2.56. The number of ether oxygens (including phenoxy) is 1. The third-order valence-corrected chi connectivity index (χ3v) is 3.43. The van der Waals surface area contributed by atoms with Crippen molar-refractivity contribution in [1.82, 2.24) is 5.32 Å². The van der Waals surface area contributed by atoms with Crippen LogP contribution in [0.25, 0.3) is 0 Å². The molecule has 0 aliphatic rings. The molecule has 0 bridgehead atoms. The monoisotopic (exact) mass is 302 g/mol. The summed E-state index contributed by atoms with van der Waals surface area (Å²) in [5.41, 5.74) is 1.06. The van der Waals surface area contributed by atoms with Crippen LogP contribution < -0.4 is 5.32 Å². The van der Waals surface area contributed by atoms with Gasteiger partial charge in [-0.2, -0.15) is 0 Å². The second kappa shape index (κ2) is 7.59. The van der Waals surface area contributed by atoms with Crippen LogP contribution in [-0.2, 0) is 11.3 Å². The topological polar surface area (TPSA) is 50.7 Å². The molecule has 5 heteroatoms. The molecule has 110 valence electrons. The van der Waals surface area contributed by atoms with Gasteiger partial charge in [-0.15, -0.1) is 11.3 Å². The highest BCUT2D eigenvalue weighted by molar-refractivity contribution is 7.12. The molecule has 4 nitrogen and oxygen atoms in total. The Bertz CT molecular complexity index is 592. The van der Waals surface area contributed by atoms with E-state index in [2.05, 4.69) is 10.3 Å². The van der Waals surface area contributed by atoms with E-state index in [9.17, 15) is 4.79 Å². The zero-order valence-corrected chi connectivity index (χ0v) is 12.9. The second-order valence-electron chi connectivity index (χ2n) is 4.71. The number of thiophene rings is 1. The minimum atomic E-state index is -0.197. The standard InChI is InChI=1S/C16H18N2O2S/c1-12(2)20-16(17-11-13-7-4-3-5-8-13)18-15(19)14-9-6-10-21-14/h3-10,12H,11H2,1-2H3,(H,17,18,19). The lowest BCUT2D eigenvalue weighted by Crippen LogP contribution is -2.33. The number of nitrogens with one attached hydrogen (secondary N) is 1. The molecule has 21 heavy (non-hydrogen) atoms. The summed E-state index contributed by atoms with van der Waals surface area (Å²) in [5.74, 6) is -0.197. The van der Waals surface area contributed by atoms with Gasteiger partial charge in [0.25, 0.3) is 11.9 Å². The first-order valence-corrected chi connectivity index (χ1v) is 7.63. The summed E-state index contributed by atoms with van der Waals surface area (Å²) < 4.78 is 5.56. The van der Waals surface area contributed by atoms with Crippen molar-refractivity contribution in [2.45, 2.75) is 26.5 Å². The molecule has 0 fully saturated rings. The van der Waals surface area contributed by atoms with Gasteiger partial charge in [-0.1, -0.05) is 36.4 Å². The lowest BCUT2D eigenvalue weighted by molar-refractivity contribution is 0.0963. The Morgan fingerprint density at radius 2 is 2.00 bits per heavy atom. The fourth-order valence-corrected chi connectivity index (χ4v) is 2.26. The van der Waals surface area contributed by atoms with Crippen LogP contribution in [0.15, 0.2) is 52.8 Å². The number of benzene rings is 1. The number of hydrogen-bond acceptors (Lipinski definition) is 4. The molecular weight excluding hydrogens is 284 g/mol. The van der Waals surface area contributed by atoms with Crippen LogP contribution in [0, 0.1) is 0 Å². The highest BCUT2D eigenvalue weighted by Crippen LogP contribution is 2.08. The lowest BCUT2D eigenvalue weighted by Gasteiger charge is -2.13. The van der Waals surface area contributed by atoms with Crippen molar-refractivity contribution in [1.29, 1.82) is 0 Å². The van der Waals surface area contributed by atoms with Crippen LogP contribution in [-0.4, -0.2) is 18.0 Å². The summed E-state index contributed by atoms with van der Waals surface area (Å²) in [7, 11) is 0. The summed E-state index contributed by atoms with van der Waals surface area (Å²) in [6.07, 6.45) is -0.0526. The molecule has 1 heterocycles. The maximum atomic E-state index is 12.0. The van der Waals surface area contributed by atoms with Gasteiger partial charge in [0, 0.05) is 0 Å². The highest BCUT2D eigenvalue weighted by Gasteiger charge is 2.11. The van der Waals surface area contributed by atoms with Gasteiger partial charge in [-0.05, 0) is 30.9 Å². The molecule has 1 N–H and O–H groups in total. The largest absolute Gasteiger partial charge is 0.462 e. The minimum Gasteiger partial charge on any atom is -0.462 e. The van der Waals surface area contributed by atoms with E-state index < -0.39 is 0 Å². The summed E-state index contributed by atoms with van der Waals surface area (Å²) in [6.45, 7) is 4.26. The Kier molecular flexibility index (Phi) is 5.51. The fraction of sp³-hybridized carbons (Fsp3) is 0.250. The molecule has 0 saturated heterocycles. The van der Waals surface area contributed by atoms with Gasteiger partial charge in [0.05, 0.1) is 17.5 Å². The number of rotatable bonds is 4. The predicted octanol–water partition coefficient (Wildman–Crippen LogP) is 3.46. The second-order valence-corrected chi connectivity index (χ2v) is 5.65. The van der Waals surface area contributed by atoms with Gasteiger partial charge in [-0.3, -0.25) is 10.1 Å². The molecule has 2 aromatic rings. The van der Waals surface area contributed by atoms with Crippen LogP contribution in [0.4, 0.5) is 0 Å². The van der Waals surface area contributed by atoms with Gasteiger partial charge in [-0.25, -0.2) is 4.99 Å². The molecule has 1 aromatic heterocycles. The van der Waals surface area contributed by atoms with Crippen molar-refractivity contribution in [2.24, 2.45) is 4.99 Å². The van der Waals surface area contributed by atoms with Crippen molar-refractivity contribution in [2.75, 3.05) is 0 Å². The van der Waals surface area contributed by atoms with Gasteiger partial charge in [0.15, 0.2) is 0 Å². The summed E-state index contributed by atoms with van der Waals surface area (Å²) in [6, 6.07) is 13.7. The number of carbonyl (C=O) groups excluding carboxylic acids is 1. The molecule has 0 saturated carbocycles. The van der Waals surface area contributed by atoms with Crippen molar-refractivity contribution in [3.63, 3.8) is 0 Å². The normalized spacial score (nSPS) is 11.5. The van der Waals surface area contributed by atoms with Crippen LogP contribution >= 0.6 is 11.3 Å². The maximum Gasteiger partial charge on any atom is 0.292 e. The maximum absolute atomic E-state index is 12.0. The van der Waals surface area contributed by atoms with E-state index in [4.69, 9.17) is 4.74 Å². The summed E-state index contributed by atoms with van der Waals surface area (Å²) >= 11 is 1.38. The number of nitrogens with zero attached hydrogens (tertiary/aromatic N) is 1. The van der Waals surface area contributed by atoms with Crippen LogP contribution in [0.5, 0.6) is 0 Å². The molecular formula is C16H18N2O2S. The molecule has 1 amide bonds. The number of aliphatic imine (C=N–C) groups is 1. The number of carbonyl (C=O) groups is 1. The molecule has 0 aliphatic heterocycles. The zero-order valence-electron chi connectivity index (χ0n) is 12.1. The molecule has 0 spiro atoms. The third kappa shape index (κ3) is 5.04. The summed E-state index contributed by atoms with van der Waals surface area (Å²) in [4.78, 5) is 17.0. The van der Waals surface area contributed by atoms with Gasteiger partial charge < -0.3 is 4.74 Å². The smallest absolute Gasteiger partial charge is 0.292 e. The number of hydrogen-bond donors (Lipinski definition) is 1. The molecule has 2 rings (SSSR count). The van der Waals surface area contributed by atoms with Crippen LogP contribution in [0.2, 0.25) is 0 Å². The lowest BCUT2D eigenvalue weighted by atomic mass is 10.2. The van der Waals surface area contributed by atoms with Crippen molar-refractivity contribution >= 4 is 23.3 Å². The average molecular weight is 302 g/mol. The zero-order chi connectivity index (χ0) is 15.1. The molecule has 0 unspecified atom stereocenters. The van der Waals surface area contributed by atoms with Gasteiger partial charge in [0.2, 0.25) is 0 Å². The summed E-state index contributed by atoms with van der Waals surface area (Å²) in [5, 5.41) is 4.58. The molecule has 1 aromatic carbocycles. The van der Waals surface area contributed by atoms with E-state index in [-0.39, 0.29) is 18.0 Å². The van der Waals surface area contributed by atoms with E-state index in [0.717, 1.165) is 5.56 Å². The van der Waals surface area contributed by atoms with E-state index in [1.54, 1.807) is 6.07 Å². The van der Waals surface area contributed by atoms with Crippen molar-refractivity contribution < 1.29 is 9.53 Å². The van der Waals surface area contributed by atoms with Crippen molar-refractivity contribution in [3.8, 4) is 0 Å². The predicted molar refractivity (Wildman–Crippen MR) is 85.6 cm³/mol. The first-order valence-electron chi connectivity index (χ1n) is 6.75. The quantitative estimate of drug-likeness (QED) is 0.694. The van der Waals surface area contributed by atoms with E-state index >= 15 is 0 Å². The number of amides is 1. The molecule has 0 atom stereocenters. The van der Waals surface area contributed by atoms with Gasteiger partial charge >= 0.3 is 0 Å². The Morgan fingerprint density at radius 1 is 1.24 bits per heavy atom. The van der Waals surface area contributed by atoms with Crippen LogP contribution in [0.1, 0.15) is 29.1 Å². The molecule has 0 radical (unpaired) electrons. The minimum absolute atomic E-state index is 0.0526. The first-order chi connectivity index (χ1) is 10.1. The highest BCUT2D eigenvalue weighted by atomic mass is 32.1. The Hall–Kier alpha value is -2.14. The Labute approximate surface area is 128 Å². The fourth-order valence-electron chi connectivity index (χ4n) is 1.64. The SMILES string of the molecule is CC(C)OC(=NCc1ccccc1)NC(=O)c1cccs1. The molecule has 0 aliphatic carbocycles. The van der Waals surface area contributed by atoms with Crippen LogP contribution in [0.3, 0.4) is 0 Å².